The summed E-state index contributed by atoms with van der Waals surface area (Å²) >= 11 is 0. The Morgan fingerprint density at radius 2 is 1.81 bits per heavy atom. The Hall–Kier alpha value is -2.77. The summed E-state index contributed by atoms with van der Waals surface area (Å²) in [7, 11) is 0. The molecule has 1 aromatic rings. The number of ether oxygens (including phenoxy) is 1. The highest BCUT2D eigenvalue weighted by Gasteiger charge is 2.37. The quantitative estimate of drug-likeness (QED) is 0.110. The summed E-state index contributed by atoms with van der Waals surface area (Å²) < 4.78 is 5.24. The molecule has 0 saturated carbocycles. The second-order valence-corrected chi connectivity index (χ2v) is 5.85. The lowest BCUT2D eigenvalue weighted by molar-refractivity contribution is -0.752. The van der Waals surface area contributed by atoms with Crippen LogP contribution in [0.5, 0.6) is 5.75 Å². The number of esters is 1. The van der Waals surface area contributed by atoms with Gasteiger partial charge < -0.3 is 4.74 Å². The molecule has 0 aliphatic heterocycles. The highest BCUT2D eigenvalue weighted by Crippen LogP contribution is 2.31. The Morgan fingerprint density at radius 3 is 2.38 bits per heavy atom. The number of carbonyl (C=O) groups is 1. The molecule has 0 fully saturated rings. The lowest BCUT2D eigenvalue weighted by atomic mass is 9.98. The van der Waals surface area contributed by atoms with Crippen molar-refractivity contribution in [1.29, 1.82) is 0 Å². The average molecular weight is 364 g/mol. The first-order chi connectivity index (χ1) is 12.4. The van der Waals surface area contributed by atoms with Gasteiger partial charge in [-0.3, -0.25) is 20.2 Å². The van der Waals surface area contributed by atoms with Crippen LogP contribution in [0, 0.1) is 20.2 Å². The van der Waals surface area contributed by atoms with Gasteiger partial charge in [0.1, 0.15) is 21.2 Å². The van der Waals surface area contributed by atoms with Crippen molar-refractivity contribution in [3.8, 4) is 5.75 Å². The second kappa shape index (κ2) is 11.0. The van der Waals surface area contributed by atoms with E-state index in [4.69, 9.17) is 4.74 Å². The van der Waals surface area contributed by atoms with Crippen LogP contribution in [-0.2, 0) is 11.2 Å². The number of allylic oxidation sites excluding steroid dienone is 1. The first-order valence-electron chi connectivity index (χ1n) is 8.65. The number of carbonyl (C=O) groups excluding carboxylic acids is 1. The highest BCUT2D eigenvalue weighted by atomic mass is 16.7. The van der Waals surface area contributed by atoms with Crippen molar-refractivity contribution < 1.29 is 19.4 Å². The van der Waals surface area contributed by atoms with Crippen molar-refractivity contribution in [2.24, 2.45) is 0 Å². The molecule has 0 aromatic heterocycles. The molecule has 0 saturated heterocycles. The highest BCUT2D eigenvalue weighted by molar-refractivity contribution is 5.84. The molecule has 8 nitrogen and oxygen atoms in total. The van der Waals surface area contributed by atoms with Crippen LogP contribution in [0.3, 0.4) is 0 Å². The van der Waals surface area contributed by atoms with Crippen molar-refractivity contribution in [3.05, 3.63) is 61.7 Å². The van der Waals surface area contributed by atoms with Crippen LogP contribution in [0.25, 0.3) is 0 Å². The van der Waals surface area contributed by atoms with Crippen LogP contribution in [0.1, 0.15) is 63.2 Å². The van der Waals surface area contributed by atoms with Gasteiger partial charge in [-0.25, -0.2) is 4.79 Å². The Bertz CT molecular complexity index is 658. The smallest absolute Gasteiger partial charge is 0.423 e. The number of benzene rings is 1. The average Bonchev–Trinajstić information content (AvgIpc) is 2.56. The van der Waals surface area contributed by atoms with E-state index in [0.29, 0.717) is 18.4 Å². The molecule has 26 heavy (non-hydrogen) atoms. The minimum absolute atomic E-state index is 0.0405. The van der Waals surface area contributed by atoms with E-state index in [1.54, 1.807) is 6.92 Å². The fourth-order valence-electron chi connectivity index (χ4n) is 2.68. The number of nitro groups is 2. The van der Waals surface area contributed by atoms with Gasteiger partial charge in [-0.05, 0) is 31.9 Å². The van der Waals surface area contributed by atoms with Crippen LogP contribution in [0.2, 0.25) is 0 Å². The van der Waals surface area contributed by atoms with Gasteiger partial charge in [0.15, 0.2) is 0 Å². The lowest BCUT2D eigenvalue weighted by Gasteiger charge is -2.13. The van der Waals surface area contributed by atoms with Crippen molar-refractivity contribution in [3.63, 3.8) is 0 Å². The predicted molar refractivity (Wildman–Crippen MR) is 96.1 cm³/mol. The van der Waals surface area contributed by atoms with Crippen molar-refractivity contribution >= 4 is 5.97 Å². The van der Waals surface area contributed by atoms with E-state index in [-0.39, 0.29) is 11.3 Å². The largest absolute Gasteiger partial charge is 0.477 e. The van der Waals surface area contributed by atoms with Crippen LogP contribution >= 0.6 is 0 Å². The maximum atomic E-state index is 11.8. The topological polar surface area (TPSA) is 113 Å². The lowest BCUT2D eigenvalue weighted by Crippen LogP contribution is -2.21. The molecular weight excluding hydrogens is 340 g/mol. The molecule has 142 valence electrons. The van der Waals surface area contributed by atoms with Gasteiger partial charge >= 0.3 is 12.1 Å². The third kappa shape index (κ3) is 6.27. The first kappa shape index (κ1) is 21.3. The fraction of sp³-hybridized carbons (Fsp3) is 0.500. The molecule has 0 radical (unpaired) electrons. The van der Waals surface area contributed by atoms with Gasteiger partial charge in [0, 0.05) is 11.6 Å². The summed E-state index contributed by atoms with van der Waals surface area (Å²) in [5, 5.41) is 22.4. The molecule has 1 rings (SSSR count). The van der Waals surface area contributed by atoms with Crippen molar-refractivity contribution in [2.75, 3.05) is 0 Å². The van der Waals surface area contributed by atoms with E-state index in [9.17, 15) is 25.0 Å². The minimum atomic E-state index is -2.08. The molecule has 0 N–H and O–H groups in total. The molecule has 0 aliphatic rings. The number of hydrogen-bond donors (Lipinski definition) is 0. The molecule has 0 unspecified atom stereocenters. The van der Waals surface area contributed by atoms with Crippen LogP contribution in [-0.4, -0.2) is 15.8 Å². The number of hydrogen-bond acceptors (Lipinski definition) is 6. The van der Waals surface area contributed by atoms with Crippen LogP contribution in [0.15, 0.2) is 30.4 Å². The van der Waals surface area contributed by atoms with E-state index in [0.717, 1.165) is 25.7 Å². The molecule has 0 heterocycles. The van der Waals surface area contributed by atoms with Crippen molar-refractivity contribution in [1.82, 2.24) is 0 Å². The third-order valence-corrected chi connectivity index (χ3v) is 3.89. The molecule has 0 spiro atoms. The normalized spacial score (nSPS) is 11.0. The predicted octanol–water partition coefficient (Wildman–Crippen LogP) is 4.23. The van der Waals surface area contributed by atoms with Gasteiger partial charge in [0.25, 0.3) is 0 Å². The summed E-state index contributed by atoms with van der Waals surface area (Å²) in [6.45, 7) is 3.74. The Morgan fingerprint density at radius 1 is 1.15 bits per heavy atom. The maximum Gasteiger partial charge on any atom is 0.477 e. The second-order valence-electron chi connectivity index (χ2n) is 5.85. The molecular formula is C18H24N2O6. The Balaban J connectivity index is 3.19. The van der Waals surface area contributed by atoms with Gasteiger partial charge in [-0.1, -0.05) is 44.7 Å². The summed E-state index contributed by atoms with van der Waals surface area (Å²) in [5.74, 6) is -0.495. The summed E-state index contributed by atoms with van der Waals surface area (Å²) in [5.41, 5.74) is 0.307. The molecule has 0 atom stereocenters. The molecule has 8 heteroatoms. The molecule has 0 amide bonds. The van der Waals surface area contributed by atoms with Gasteiger partial charge in [0.05, 0.1) is 0 Å². The van der Waals surface area contributed by atoms with Crippen molar-refractivity contribution in [2.45, 2.75) is 58.5 Å². The van der Waals surface area contributed by atoms with Gasteiger partial charge in [-0.2, -0.15) is 0 Å². The SMILES string of the molecule is CC=CC(=O)Oc1cccc(C([N+](=O)[O-])[N+](=O)[O-])c1CCCCCCC. The maximum absolute atomic E-state index is 11.8. The molecule has 1 aromatic carbocycles. The molecule has 0 bridgehead atoms. The first-order valence-corrected chi connectivity index (χ1v) is 8.65. The molecule has 0 aliphatic carbocycles. The van der Waals surface area contributed by atoms with E-state index in [2.05, 4.69) is 6.92 Å². The monoisotopic (exact) mass is 364 g/mol. The fourth-order valence-corrected chi connectivity index (χ4v) is 2.68. The van der Waals surface area contributed by atoms with E-state index in [1.165, 1.54) is 30.4 Å². The minimum Gasteiger partial charge on any atom is -0.423 e. The number of rotatable bonds is 11. The van der Waals surface area contributed by atoms with Gasteiger partial charge in [-0.15, -0.1) is 0 Å². The summed E-state index contributed by atoms with van der Waals surface area (Å²) in [6, 6.07) is 4.28. The summed E-state index contributed by atoms with van der Waals surface area (Å²) in [4.78, 5) is 32.3. The van der Waals surface area contributed by atoms with E-state index in [1.807, 2.05) is 0 Å². The zero-order valence-corrected chi connectivity index (χ0v) is 15.1. The number of nitrogens with zero attached hydrogens (tertiary/aromatic N) is 2. The standard InChI is InChI=1S/C18H24N2O6/c1-3-5-6-7-8-11-14-15(18(19(22)23)20(24)25)12-9-13-16(14)26-17(21)10-4-2/h4,9-10,12-13,18H,3,5-8,11H2,1-2H3. The summed E-state index contributed by atoms with van der Waals surface area (Å²) in [6.07, 6.45) is 5.78. The zero-order chi connectivity index (χ0) is 19.5. The Kier molecular flexibility index (Phi) is 8.97. The van der Waals surface area contributed by atoms with E-state index < -0.39 is 22.0 Å². The van der Waals surface area contributed by atoms with Crippen LogP contribution < -0.4 is 4.74 Å². The van der Waals surface area contributed by atoms with Gasteiger partial charge in [0.2, 0.25) is 0 Å². The Labute approximate surface area is 152 Å². The number of unbranched alkanes of at least 4 members (excludes halogenated alkanes) is 4. The zero-order valence-electron chi connectivity index (χ0n) is 15.1. The third-order valence-electron chi connectivity index (χ3n) is 3.89. The van der Waals surface area contributed by atoms with E-state index >= 15 is 0 Å². The van der Waals surface area contributed by atoms with Crippen LogP contribution in [0.4, 0.5) is 0 Å².